The highest BCUT2D eigenvalue weighted by Gasteiger charge is 2.52. The van der Waals surface area contributed by atoms with Crippen LogP contribution in [0.25, 0.3) is 0 Å². The number of amides is 1. The molecule has 2 heterocycles. The SMILES string of the molecule is Cc1ccc(OCC2CC(OC(=O)N3CC4(COC(=O)C4)C3)C2)c(F)c1. The second-order valence-electron chi connectivity index (χ2n) is 7.78. The van der Waals surface area contributed by atoms with E-state index < -0.39 is 0 Å². The average Bonchev–Trinajstić information content (AvgIpc) is 2.91. The summed E-state index contributed by atoms with van der Waals surface area (Å²) in [5.41, 5.74) is 0.663. The molecule has 0 atom stereocenters. The predicted octanol–water partition coefficient (Wildman–Crippen LogP) is 2.68. The number of nitrogens with zero attached hydrogens (tertiary/aromatic N) is 1. The zero-order valence-electron chi connectivity index (χ0n) is 14.7. The Morgan fingerprint density at radius 2 is 2.15 bits per heavy atom. The molecule has 6 nitrogen and oxygen atoms in total. The Labute approximate surface area is 151 Å². The maximum atomic E-state index is 13.7. The fourth-order valence-electron chi connectivity index (χ4n) is 3.79. The largest absolute Gasteiger partial charge is 0.490 e. The molecule has 2 saturated heterocycles. The van der Waals surface area contributed by atoms with Gasteiger partial charge in [0.2, 0.25) is 0 Å². The minimum Gasteiger partial charge on any atom is -0.490 e. The van der Waals surface area contributed by atoms with E-state index in [0.29, 0.717) is 32.7 Å². The lowest BCUT2D eigenvalue weighted by Crippen LogP contribution is -2.59. The number of halogens is 1. The van der Waals surface area contributed by atoms with Gasteiger partial charge >= 0.3 is 12.1 Å². The first-order chi connectivity index (χ1) is 12.4. The van der Waals surface area contributed by atoms with Gasteiger partial charge in [0.1, 0.15) is 12.7 Å². The molecule has 1 aromatic carbocycles. The highest BCUT2D eigenvalue weighted by atomic mass is 19.1. The van der Waals surface area contributed by atoms with Crippen LogP contribution in [0.2, 0.25) is 0 Å². The lowest BCUT2D eigenvalue weighted by atomic mass is 9.79. The van der Waals surface area contributed by atoms with Gasteiger partial charge in [0.05, 0.1) is 18.4 Å². The molecule has 0 N–H and O–H groups in total. The second-order valence-corrected chi connectivity index (χ2v) is 7.78. The number of hydrogen-bond donors (Lipinski definition) is 0. The van der Waals surface area contributed by atoms with Crippen molar-refractivity contribution in [1.82, 2.24) is 4.90 Å². The summed E-state index contributed by atoms with van der Waals surface area (Å²) in [4.78, 5) is 24.9. The number of rotatable bonds is 4. The molecule has 1 saturated carbocycles. The first-order valence-electron chi connectivity index (χ1n) is 8.93. The van der Waals surface area contributed by atoms with Crippen LogP contribution >= 0.6 is 0 Å². The lowest BCUT2D eigenvalue weighted by Gasteiger charge is -2.46. The summed E-state index contributed by atoms with van der Waals surface area (Å²) >= 11 is 0. The van der Waals surface area contributed by atoms with Crippen LogP contribution in [0.3, 0.4) is 0 Å². The zero-order chi connectivity index (χ0) is 18.3. The summed E-state index contributed by atoms with van der Waals surface area (Å²) in [6.45, 7) is 3.68. The minimum absolute atomic E-state index is 0.114. The predicted molar refractivity (Wildman–Crippen MR) is 89.2 cm³/mol. The fraction of sp³-hybridized carbons (Fsp3) is 0.579. The molecule has 0 unspecified atom stereocenters. The maximum Gasteiger partial charge on any atom is 0.410 e. The highest BCUT2D eigenvalue weighted by molar-refractivity contribution is 5.75. The van der Waals surface area contributed by atoms with Gasteiger partial charge in [-0.3, -0.25) is 4.79 Å². The van der Waals surface area contributed by atoms with Gasteiger partial charge in [-0.25, -0.2) is 9.18 Å². The first-order valence-corrected chi connectivity index (χ1v) is 8.93. The van der Waals surface area contributed by atoms with E-state index in [4.69, 9.17) is 14.2 Å². The van der Waals surface area contributed by atoms with E-state index in [1.54, 1.807) is 11.0 Å². The van der Waals surface area contributed by atoms with Crippen molar-refractivity contribution in [3.05, 3.63) is 29.6 Å². The summed E-state index contributed by atoms with van der Waals surface area (Å²) in [6, 6.07) is 4.90. The molecule has 0 aromatic heterocycles. The molecule has 1 amide bonds. The van der Waals surface area contributed by atoms with Crippen LogP contribution in [-0.4, -0.2) is 49.4 Å². The van der Waals surface area contributed by atoms with E-state index >= 15 is 0 Å². The Bertz CT molecular complexity index is 725. The monoisotopic (exact) mass is 363 g/mol. The molecule has 7 heteroatoms. The minimum atomic E-state index is -0.353. The Morgan fingerprint density at radius 1 is 1.38 bits per heavy atom. The molecule has 1 spiro atoms. The Balaban J connectivity index is 1.15. The molecular formula is C19H22FNO5. The summed E-state index contributed by atoms with van der Waals surface area (Å²) in [5, 5.41) is 0. The molecule has 26 heavy (non-hydrogen) atoms. The van der Waals surface area contributed by atoms with Crippen LogP contribution in [0, 0.1) is 24.1 Å². The van der Waals surface area contributed by atoms with E-state index in [0.717, 1.165) is 18.4 Å². The van der Waals surface area contributed by atoms with Crippen LogP contribution in [0.1, 0.15) is 24.8 Å². The van der Waals surface area contributed by atoms with Gasteiger partial charge in [-0.15, -0.1) is 0 Å². The number of ether oxygens (including phenoxy) is 3. The van der Waals surface area contributed by atoms with Gasteiger partial charge in [-0.2, -0.15) is 0 Å². The van der Waals surface area contributed by atoms with Crippen molar-refractivity contribution in [3.8, 4) is 5.75 Å². The van der Waals surface area contributed by atoms with Crippen LogP contribution in [0.4, 0.5) is 9.18 Å². The van der Waals surface area contributed by atoms with Crippen LogP contribution in [0.5, 0.6) is 5.75 Å². The molecule has 1 aromatic rings. The van der Waals surface area contributed by atoms with E-state index in [-0.39, 0.29) is 41.1 Å². The topological polar surface area (TPSA) is 65.1 Å². The molecule has 4 rings (SSSR count). The Hall–Kier alpha value is -2.31. The molecule has 3 fully saturated rings. The van der Waals surface area contributed by atoms with Crippen LogP contribution in [0.15, 0.2) is 18.2 Å². The van der Waals surface area contributed by atoms with Crippen LogP contribution < -0.4 is 4.74 Å². The molecule has 3 aliphatic rings. The van der Waals surface area contributed by atoms with Crippen molar-refractivity contribution in [2.45, 2.75) is 32.3 Å². The molecule has 140 valence electrons. The lowest BCUT2D eigenvalue weighted by molar-refractivity contribution is -0.137. The van der Waals surface area contributed by atoms with Crippen molar-refractivity contribution >= 4 is 12.1 Å². The summed E-state index contributed by atoms with van der Waals surface area (Å²) in [5.74, 6) is -0.0226. The van der Waals surface area contributed by atoms with Crippen molar-refractivity contribution in [2.75, 3.05) is 26.3 Å². The summed E-state index contributed by atoms with van der Waals surface area (Å²) < 4.78 is 29.7. The van der Waals surface area contributed by atoms with Gasteiger partial charge in [0.15, 0.2) is 11.6 Å². The normalized spacial score (nSPS) is 26.1. The number of aryl methyl sites for hydroxylation is 1. The number of esters is 1. The third kappa shape index (κ3) is 3.34. The molecule has 0 bridgehead atoms. The van der Waals surface area contributed by atoms with Crippen molar-refractivity contribution < 1.29 is 28.2 Å². The molecule has 0 radical (unpaired) electrons. The first kappa shape index (κ1) is 17.1. The van der Waals surface area contributed by atoms with Gasteiger partial charge in [0.25, 0.3) is 0 Å². The van der Waals surface area contributed by atoms with Crippen molar-refractivity contribution in [3.63, 3.8) is 0 Å². The summed E-state index contributed by atoms with van der Waals surface area (Å²) in [7, 11) is 0. The van der Waals surface area contributed by atoms with E-state index in [9.17, 15) is 14.0 Å². The summed E-state index contributed by atoms with van der Waals surface area (Å²) in [6.07, 6.45) is 1.38. The van der Waals surface area contributed by atoms with Crippen molar-refractivity contribution in [1.29, 1.82) is 0 Å². The van der Waals surface area contributed by atoms with E-state index in [1.807, 2.05) is 13.0 Å². The molecule has 2 aliphatic heterocycles. The second kappa shape index (κ2) is 6.45. The standard InChI is InChI=1S/C19H22FNO5/c1-12-2-3-16(15(20)4-12)24-8-13-5-14(6-13)26-18(23)21-9-19(10-21)7-17(22)25-11-19/h2-4,13-14H,5-11H2,1H3. The van der Waals surface area contributed by atoms with E-state index in [2.05, 4.69) is 0 Å². The number of cyclic esters (lactones) is 1. The number of carbonyl (C=O) groups excluding carboxylic acids is 2. The number of hydrogen-bond acceptors (Lipinski definition) is 5. The number of likely N-dealkylation sites (tertiary alicyclic amines) is 1. The fourth-order valence-corrected chi connectivity index (χ4v) is 3.79. The van der Waals surface area contributed by atoms with Gasteiger partial charge < -0.3 is 19.1 Å². The van der Waals surface area contributed by atoms with Gasteiger partial charge in [-0.05, 0) is 43.4 Å². The third-order valence-electron chi connectivity index (χ3n) is 5.39. The molecule has 1 aliphatic carbocycles. The van der Waals surface area contributed by atoms with Gasteiger partial charge in [-0.1, -0.05) is 6.07 Å². The smallest absolute Gasteiger partial charge is 0.410 e. The maximum absolute atomic E-state index is 13.7. The quantitative estimate of drug-likeness (QED) is 0.770. The average molecular weight is 363 g/mol. The number of carbonyl (C=O) groups is 2. The Morgan fingerprint density at radius 3 is 2.81 bits per heavy atom. The highest BCUT2D eigenvalue weighted by Crippen LogP contribution is 2.40. The third-order valence-corrected chi connectivity index (χ3v) is 5.39. The van der Waals surface area contributed by atoms with E-state index in [1.165, 1.54) is 6.07 Å². The van der Waals surface area contributed by atoms with Gasteiger partial charge in [0, 0.05) is 13.1 Å². The van der Waals surface area contributed by atoms with Crippen LogP contribution in [-0.2, 0) is 14.3 Å². The Kier molecular flexibility index (Phi) is 4.25. The molecular weight excluding hydrogens is 341 g/mol. The number of benzene rings is 1. The zero-order valence-corrected chi connectivity index (χ0v) is 14.7. The van der Waals surface area contributed by atoms with Crippen molar-refractivity contribution in [2.24, 2.45) is 11.3 Å².